The first-order chi connectivity index (χ1) is 15.2. The van der Waals surface area contributed by atoms with Gasteiger partial charge in [0.25, 0.3) is 0 Å². The Morgan fingerprint density at radius 2 is 1.72 bits per heavy atom. The van der Waals surface area contributed by atoms with Crippen LogP contribution in [0.2, 0.25) is 0 Å². The Morgan fingerprint density at radius 3 is 2.34 bits per heavy atom. The van der Waals surface area contributed by atoms with E-state index in [0.717, 1.165) is 25.7 Å². The van der Waals surface area contributed by atoms with Crippen molar-refractivity contribution in [3.8, 4) is 0 Å². The minimum absolute atomic E-state index is 0.0173. The fourth-order valence-corrected chi connectivity index (χ4v) is 7.13. The summed E-state index contributed by atoms with van der Waals surface area (Å²) in [5, 5.41) is 3.14. The van der Waals surface area contributed by atoms with Crippen LogP contribution < -0.4 is 5.32 Å². The second kappa shape index (κ2) is 10.4. The van der Waals surface area contributed by atoms with Gasteiger partial charge in [0, 0.05) is 37.1 Å². The molecular formula is C23H37N3O5S. The Bertz CT molecular complexity index is 947. The number of nitrogens with zero attached hydrogens (tertiary/aromatic N) is 2. The van der Waals surface area contributed by atoms with Crippen LogP contribution in [-0.4, -0.2) is 54.9 Å². The van der Waals surface area contributed by atoms with E-state index < -0.39 is 16.0 Å². The maximum atomic E-state index is 13.8. The van der Waals surface area contributed by atoms with Crippen molar-refractivity contribution in [3.63, 3.8) is 0 Å². The molecule has 0 aromatic carbocycles. The number of amides is 1. The van der Waals surface area contributed by atoms with Crippen LogP contribution in [0.4, 0.5) is 0 Å². The van der Waals surface area contributed by atoms with Gasteiger partial charge in [-0.2, -0.15) is 4.31 Å². The van der Waals surface area contributed by atoms with Crippen molar-refractivity contribution >= 4 is 21.9 Å². The van der Waals surface area contributed by atoms with Crippen LogP contribution in [0.1, 0.15) is 80.5 Å². The molecule has 1 aromatic rings. The summed E-state index contributed by atoms with van der Waals surface area (Å²) in [6.07, 6.45) is 6.73. The van der Waals surface area contributed by atoms with Crippen molar-refractivity contribution in [2.24, 2.45) is 5.92 Å². The molecule has 1 N–H and O–H groups in total. The Hall–Kier alpha value is -1.87. The van der Waals surface area contributed by atoms with Gasteiger partial charge in [0.15, 0.2) is 0 Å². The lowest BCUT2D eigenvalue weighted by atomic mass is 9.93. The van der Waals surface area contributed by atoms with Crippen LogP contribution in [0.25, 0.3) is 0 Å². The number of ether oxygens (including phenoxy) is 1. The van der Waals surface area contributed by atoms with Gasteiger partial charge in [-0.3, -0.25) is 4.79 Å². The molecule has 0 spiro atoms. The molecule has 8 nitrogen and oxygen atoms in total. The van der Waals surface area contributed by atoms with Crippen LogP contribution in [0, 0.1) is 19.8 Å². The van der Waals surface area contributed by atoms with Crippen molar-refractivity contribution in [3.05, 3.63) is 17.0 Å². The number of rotatable bonds is 7. The van der Waals surface area contributed by atoms with Gasteiger partial charge in [0.2, 0.25) is 15.9 Å². The van der Waals surface area contributed by atoms with Crippen molar-refractivity contribution in [1.82, 2.24) is 14.2 Å². The quantitative estimate of drug-likeness (QED) is 0.621. The lowest BCUT2D eigenvalue weighted by Crippen LogP contribution is -2.48. The fraction of sp³-hybridized carbons (Fsp3) is 0.739. The molecule has 1 aliphatic carbocycles. The number of sulfonamides is 1. The summed E-state index contributed by atoms with van der Waals surface area (Å²) in [6, 6.07) is 0.196. The van der Waals surface area contributed by atoms with E-state index >= 15 is 0 Å². The van der Waals surface area contributed by atoms with Crippen LogP contribution >= 0.6 is 0 Å². The summed E-state index contributed by atoms with van der Waals surface area (Å²) in [6.45, 7) is 8.28. The number of carbonyl (C=O) groups excluding carboxylic acids is 2. The van der Waals surface area contributed by atoms with Crippen molar-refractivity contribution in [1.29, 1.82) is 0 Å². The number of nitrogens with one attached hydrogen (secondary N) is 1. The predicted molar refractivity (Wildman–Crippen MR) is 122 cm³/mol. The lowest BCUT2D eigenvalue weighted by Gasteiger charge is -2.33. The topological polar surface area (TPSA) is 97.7 Å². The zero-order valence-electron chi connectivity index (χ0n) is 19.8. The van der Waals surface area contributed by atoms with Gasteiger partial charge < -0.3 is 14.6 Å². The van der Waals surface area contributed by atoms with Gasteiger partial charge in [-0.25, -0.2) is 13.2 Å². The van der Waals surface area contributed by atoms with Crippen molar-refractivity contribution in [2.45, 2.75) is 90.1 Å². The van der Waals surface area contributed by atoms with Gasteiger partial charge in [-0.1, -0.05) is 19.3 Å². The molecule has 1 saturated carbocycles. The molecule has 0 radical (unpaired) electrons. The molecule has 32 heavy (non-hydrogen) atoms. The van der Waals surface area contributed by atoms with E-state index in [0.29, 0.717) is 37.3 Å². The lowest BCUT2D eigenvalue weighted by molar-refractivity contribution is -0.127. The van der Waals surface area contributed by atoms with Crippen molar-refractivity contribution in [2.75, 3.05) is 19.7 Å². The third kappa shape index (κ3) is 4.88. The Kier molecular flexibility index (Phi) is 8.03. The largest absolute Gasteiger partial charge is 0.462 e. The highest BCUT2D eigenvalue weighted by molar-refractivity contribution is 7.89. The van der Waals surface area contributed by atoms with E-state index in [2.05, 4.69) is 5.32 Å². The zero-order chi connectivity index (χ0) is 23.5. The number of carbonyl (C=O) groups is 2. The smallest absolute Gasteiger partial charge is 0.341 e. The van der Waals surface area contributed by atoms with E-state index in [9.17, 15) is 18.0 Å². The SMILES string of the molecule is CCOC(=O)c1c(S(=O)(=O)N2CCC[C@@H](C(=O)NC3CCCCC3)C2)c(C)n(CC)c1C. The third-order valence-corrected chi connectivity index (χ3v) is 8.85. The maximum Gasteiger partial charge on any atom is 0.341 e. The predicted octanol–water partition coefficient (Wildman–Crippen LogP) is 3.15. The Balaban J connectivity index is 1.87. The minimum atomic E-state index is -3.97. The Morgan fingerprint density at radius 1 is 1.03 bits per heavy atom. The molecule has 1 aromatic heterocycles. The molecule has 180 valence electrons. The first kappa shape index (κ1) is 24.8. The van der Waals surface area contributed by atoms with E-state index in [4.69, 9.17) is 4.74 Å². The van der Waals surface area contributed by atoms with E-state index in [1.54, 1.807) is 20.8 Å². The van der Waals surface area contributed by atoms with Crippen LogP contribution in [0.15, 0.2) is 4.90 Å². The summed E-state index contributed by atoms with van der Waals surface area (Å²) in [5.41, 5.74) is 1.23. The molecule has 2 fully saturated rings. The summed E-state index contributed by atoms with van der Waals surface area (Å²) in [7, 11) is -3.97. The molecule has 2 heterocycles. The number of piperidine rings is 1. The molecule has 0 bridgehead atoms. The monoisotopic (exact) mass is 467 g/mol. The van der Waals surface area contributed by atoms with Crippen molar-refractivity contribution < 1.29 is 22.7 Å². The Labute approximate surface area is 191 Å². The average Bonchev–Trinajstić information content (AvgIpc) is 3.04. The van der Waals surface area contributed by atoms with E-state index in [1.807, 2.05) is 11.5 Å². The second-order valence-electron chi connectivity index (χ2n) is 8.89. The van der Waals surface area contributed by atoms with Crippen LogP contribution in [0.3, 0.4) is 0 Å². The molecule has 1 saturated heterocycles. The number of hydrogen-bond donors (Lipinski definition) is 1. The average molecular weight is 468 g/mol. The third-order valence-electron chi connectivity index (χ3n) is 6.83. The standard InChI is InChI=1S/C23H37N3O5S/c1-5-26-16(3)20(23(28)31-6-2)21(17(26)4)32(29,30)25-14-10-11-18(15-25)22(27)24-19-12-8-7-9-13-19/h18-19H,5-15H2,1-4H3,(H,24,27)/t18-/m1/s1. The molecule has 0 unspecified atom stereocenters. The molecule has 1 amide bonds. The van der Waals surface area contributed by atoms with E-state index in [-0.39, 0.29) is 41.5 Å². The van der Waals surface area contributed by atoms with Gasteiger partial charge in [0.1, 0.15) is 10.5 Å². The van der Waals surface area contributed by atoms with Crippen LogP contribution in [0.5, 0.6) is 0 Å². The highest BCUT2D eigenvalue weighted by atomic mass is 32.2. The molecule has 1 atom stereocenters. The highest BCUT2D eigenvalue weighted by Crippen LogP contribution is 2.32. The first-order valence-electron chi connectivity index (χ1n) is 11.9. The van der Waals surface area contributed by atoms with Gasteiger partial charge in [-0.15, -0.1) is 0 Å². The summed E-state index contributed by atoms with van der Waals surface area (Å²) in [4.78, 5) is 25.6. The molecular weight excluding hydrogens is 430 g/mol. The molecule has 1 aliphatic heterocycles. The second-order valence-corrected chi connectivity index (χ2v) is 10.8. The fourth-order valence-electron chi connectivity index (χ4n) is 5.16. The van der Waals surface area contributed by atoms with Gasteiger partial charge in [0.05, 0.1) is 12.5 Å². The first-order valence-corrected chi connectivity index (χ1v) is 13.3. The molecule has 9 heteroatoms. The summed E-state index contributed by atoms with van der Waals surface area (Å²) >= 11 is 0. The van der Waals surface area contributed by atoms with E-state index in [1.165, 1.54) is 10.7 Å². The maximum absolute atomic E-state index is 13.8. The molecule has 2 aliphatic rings. The summed E-state index contributed by atoms with van der Waals surface area (Å²) in [5.74, 6) is -1.05. The van der Waals surface area contributed by atoms with Gasteiger partial charge in [-0.05, 0) is 53.4 Å². The number of aromatic nitrogens is 1. The molecule has 3 rings (SSSR count). The minimum Gasteiger partial charge on any atom is -0.462 e. The summed E-state index contributed by atoms with van der Waals surface area (Å²) < 4.78 is 35.9. The van der Waals surface area contributed by atoms with Crippen LogP contribution in [-0.2, 0) is 26.1 Å². The number of hydrogen-bond acceptors (Lipinski definition) is 5. The van der Waals surface area contributed by atoms with Gasteiger partial charge >= 0.3 is 5.97 Å². The number of esters is 1. The zero-order valence-corrected chi connectivity index (χ0v) is 20.6. The normalized spacial score (nSPS) is 20.8. The highest BCUT2D eigenvalue weighted by Gasteiger charge is 2.39.